The number of benzene rings is 2. The maximum absolute atomic E-state index is 13.3. The number of fused-ring (bicyclic) bond motifs is 1. The van der Waals surface area contributed by atoms with Gasteiger partial charge in [-0.1, -0.05) is 27.2 Å². The molecule has 0 N–H and O–H groups in total. The van der Waals surface area contributed by atoms with E-state index in [-0.39, 0.29) is 18.0 Å². The molecule has 4 rings (SSSR count). The maximum atomic E-state index is 13.3. The van der Waals surface area contributed by atoms with Gasteiger partial charge in [-0.05, 0) is 47.9 Å². The average molecular weight is 465 g/mol. The number of hydrogen-bond acceptors (Lipinski definition) is 3. The normalized spacial score (nSPS) is 13.6. The monoisotopic (exact) mass is 464 g/mol. The van der Waals surface area contributed by atoms with Crippen molar-refractivity contribution in [1.29, 1.82) is 0 Å². The molecular formula is C20H16BrF3N4O. The van der Waals surface area contributed by atoms with E-state index in [0.717, 1.165) is 29.3 Å². The largest absolute Gasteiger partial charge is 0.416 e. The minimum atomic E-state index is -4.44. The lowest BCUT2D eigenvalue weighted by Gasteiger charge is -2.14. The van der Waals surface area contributed by atoms with Crippen molar-refractivity contribution in [3.63, 3.8) is 0 Å². The molecule has 0 bridgehead atoms. The molecule has 0 aliphatic carbocycles. The lowest BCUT2D eigenvalue weighted by molar-refractivity contribution is -0.138. The smallest absolute Gasteiger partial charge is 0.312 e. The molecule has 1 aliphatic heterocycles. The van der Waals surface area contributed by atoms with Crippen molar-refractivity contribution in [2.75, 3.05) is 11.4 Å². The molecule has 1 amide bonds. The Labute approximate surface area is 173 Å². The van der Waals surface area contributed by atoms with Gasteiger partial charge < -0.3 is 4.90 Å². The van der Waals surface area contributed by atoms with Crippen LogP contribution in [-0.4, -0.2) is 27.4 Å². The fraction of sp³-hybridized carbons (Fsp3) is 0.250. The van der Waals surface area contributed by atoms with Crippen LogP contribution in [0.3, 0.4) is 0 Å². The maximum Gasteiger partial charge on any atom is 0.416 e. The number of halogens is 4. The second kappa shape index (κ2) is 7.29. The predicted molar refractivity (Wildman–Crippen MR) is 105 cm³/mol. The Hall–Kier alpha value is -2.68. The molecule has 0 saturated heterocycles. The summed E-state index contributed by atoms with van der Waals surface area (Å²) in [5.41, 5.74) is 2.72. The molecule has 0 spiro atoms. The molecule has 5 nitrogen and oxygen atoms in total. The molecule has 0 saturated carbocycles. The Morgan fingerprint density at radius 3 is 2.72 bits per heavy atom. The molecule has 1 aromatic heterocycles. The van der Waals surface area contributed by atoms with Crippen molar-refractivity contribution in [1.82, 2.24) is 15.0 Å². The van der Waals surface area contributed by atoms with E-state index in [1.165, 1.54) is 23.7 Å². The summed E-state index contributed by atoms with van der Waals surface area (Å²) in [5, 5.41) is 8.11. The molecule has 150 valence electrons. The molecule has 0 atom stereocenters. The first-order valence-corrected chi connectivity index (χ1v) is 9.69. The van der Waals surface area contributed by atoms with E-state index in [1.807, 2.05) is 18.2 Å². The second-order valence-electron chi connectivity index (χ2n) is 6.86. The van der Waals surface area contributed by atoms with E-state index < -0.39 is 11.7 Å². The van der Waals surface area contributed by atoms with Gasteiger partial charge >= 0.3 is 6.18 Å². The Morgan fingerprint density at radius 1 is 1.21 bits per heavy atom. The fourth-order valence-electron chi connectivity index (χ4n) is 3.54. The zero-order valence-electron chi connectivity index (χ0n) is 15.4. The van der Waals surface area contributed by atoms with Gasteiger partial charge in [0.2, 0.25) is 5.91 Å². The number of rotatable bonds is 3. The third-order valence-electron chi connectivity index (χ3n) is 4.89. The van der Waals surface area contributed by atoms with Crippen LogP contribution in [0.1, 0.15) is 23.6 Å². The Kier molecular flexibility index (Phi) is 4.94. The highest BCUT2D eigenvalue weighted by molar-refractivity contribution is 9.10. The summed E-state index contributed by atoms with van der Waals surface area (Å²) in [7, 11) is 0. The van der Waals surface area contributed by atoms with Crippen molar-refractivity contribution in [2.24, 2.45) is 0 Å². The number of alkyl halides is 3. The summed E-state index contributed by atoms with van der Waals surface area (Å²) in [6, 6.07) is 9.53. The van der Waals surface area contributed by atoms with Gasteiger partial charge in [0.15, 0.2) is 0 Å². The summed E-state index contributed by atoms with van der Waals surface area (Å²) in [4.78, 5) is 13.4. The molecule has 0 radical (unpaired) electrons. The van der Waals surface area contributed by atoms with Crippen LogP contribution in [0.4, 0.5) is 18.9 Å². The highest BCUT2D eigenvalue weighted by atomic mass is 79.9. The van der Waals surface area contributed by atoms with Gasteiger partial charge in [0.25, 0.3) is 0 Å². The zero-order chi connectivity index (χ0) is 20.8. The van der Waals surface area contributed by atoms with Crippen LogP contribution in [0.25, 0.3) is 11.3 Å². The predicted octanol–water partition coefficient (Wildman–Crippen LogP) is 4.68. The first-order chi connectivity index (χ1) is 13.7. The van der Waals surface area contributed by atoms with E-state index in [0.29, 0.717) is 16.7 Å². The van der Waals surface area contributed by atoms with Crippen molar-refractivity contribution in [3.05, 3.63) is 63.8 Å². The number of carbonyl (C=O) groups excluding carboxylic acids is 1. The zero-order valence-corrected chi connectivity index (χ0v) is 17.0. The quantitative estimate of drug-likeness (QED) is 0.565. The number of nitrogens with zero attached hydrogens (tertiary/aromatic N) is 4. The number of hydrogen-bond donors (Lipinski definition) is 0. The van der Waals surface area contributed by atoms with Gasteiger partial charge in [-0.15, -0.1) is 5.10 Å². The highest BCUT2D eigenvalue weighted by Crippen LogP contribution is 2.34. The first-order valence-electron chi connectivity index (χ1n) is 8.89. The van der Waals surface area contributed by atoms with Gasteiger partial charge in [-0.3, -0.25) is 4.79 Å². The Morgan fingerprint density at radius 2 is 2.00 bits per heavy atom. The summed E-state index contributed by atoms with van der Waals surface area (Å²) in [6.07, 6.45) is -2.06. The van der Waals surface area contributed by atoms with Crippen molar-refractivity contribution in [2.45, 2.75) is 26.1 Å². The van der Waals surface area contributed by atoms with Gasteiger partial charge in [-0.2, -0.15) is 13.2 Å². The van der Waals surface area contributed by atoms with Crippen LogP contribution in [0.2, 0.25) is 0 Å². The molecule has 3 aromatic rings. The Bertz CT molecular complexity index is 1090. The molecule has 1 aliphatic rings. The second-order valence-corrected chi connectivity index (χ2v) is 7.78. The number of amides is 1. The third kappa shape index (κ3) is 3.91. The average Bonchev–Trinajstić information content (AvgIpc) is 3.26. The fourth-order valence-corrected chi connectivity index (χ4v) is 3.95. The van der Waals surface area contributed by atoms with Crippen LogP contribution < -0.4 is 4.90 Å². The van der Waals surface area contributed by atoms with Crippen molar-refractivity contribution < 1.29 is 18.0 Å². The Balaban J connectivity index is 1.61. The highest BCUT2D eigenvalue weighted by Gasteiger charge is 2.33. The van der Waals surface area contributed by atoms with E-state index in [4.69, 9.17) is 0 Å². The molecule has 0 fully saturated rings. The SMILES string of the molecule is CC(=O)N1CCc2cc(-c3cn(Cc4cc(Br)ccc4C(F)(F)F)nn3)ccc21. The van der Waals surface area contributed by atoms with Crippen molar-refractivity contribution >= 4 is 27.5 Å². The van der Waals surface area contributed by atoms with Gasteiger partial charge in [0.05, 0.1) is 18.3 Å². The van der Waals surface area contributed by atoms with Gasteiger partial charge in [0.1, 0.15) is 5.69 Å². The number of anilines is 1. The standard InChI is InChI=1S/C20H16BrF3N4O/c1-12(29)28-7-6-14-8-13(2-5-19(14)28)18-11-27(26-25-18)10-15-9-16(21)3-4-17(15)20(22,23)24/h2-5,8-9,11H,6-7,10H2,1H3. The number of carbonyl (C=O) groups is 1. The third-order valence-corrected chi connectivity index (χ3v) is 5.39. The minimum Gasteiger partial charge on any atom is -0.312 e. The lowest BCUT2D eigenvalue weighted by Crippen LogP contribution is -2.25. The summed E-state index contributed by atoms with van der Waals surface area (Å²) < 4.78 is 41.8. The van der Waals surface area contributed by atoms with Crippen LogP contribution in [0.5, 0.6) is 0 Å². The molecule has 2 heterocycles. The van der Waals surface area contributed by atoms with Crippen LogP contribution in [0, 0.1) is 0 Å². The van der Waals surface area contributed by atoms with Gasteiger partial charge in [-0.25, -0.2) is 4.68 Å². The lowest BCUT2D eigenvalue weighted by atomic mass is 10.1. The number of aromatic nitrogens is 3. The molecule has 9 heteroatoms. The molecule has 29 heavy (non-hydrogen) atoms. The summed E-state index contributed by atoms with van der Waals surface area (Å²) >= 11 is 3.22. The van der Waals surface area contributed by atoms with Crippen LogP contribution >= 0.6 is 15.9 Å². The summed E-state index contributed by atoms with van der Waals surface area (Å²) in [6.45, 7) is 2.12. The van der Waals surface area contributed by atoms with E-state index in [9.17, 15) is 18.0 Å². The molecule has 0 unspecified atom stereocenters. The van der Waals surface area contributed by atoms with E-state index in [2.05, 4.69) is 26.2 Å². The van der Waals surface area contributed by atoms with E-state index in [1.54, 1.807) is 11.1 Å². The van der Waals surface area contributed by atoms with Crippen LogP contribution in [-0.2, 0) is 23.9 Å². The topological polar surface area (TPSA) is 51.0 Å². The van der Waals surface area contributed by atoms with E-state index >= 15 is 0 Å². The first kappa shape index (κ1) is 19.6. The van der Waals surface area contributed by atoms with Crippen molar-refractivity contribution in [3.8, 4) is 11.3 Å². The molecule has 2 aromatic carbocycles. The van der Waals surface area contributed by atoms with Crippen LogP contribution in [0.15, 0.2) is 47.1 Å². The van der Waals surface area contributed by atoms with Gasteiger partial charge in [0, 0.05) is 29.2 Å². The summed E-state index contributed by atoms with van der Waals surface area (Å²) in [5.74, 6) is -0.00284. The molecular weight excluding hydrogens is 449 g/mol. The minimum absolute atomic E-state index is 0.00284.